The van der Waals surface area contributed by atoms with E-state index in [0.29, 0.717) is 29.8 Å². The van der Waals surface area contributed by atoms with Crippen molar-refractivity contribution in [3.05, 3.63) is 59.2 Å². The summed E-state index contributed by atoms with van der Waals surface area (Å²) in [4.78, 5) is 29.4. The standard InChI is InChI=1S/C24H28N2O6/c1-25(2)11-6-12-26-21(15-9-10-19(32-4)18(27)14-15)20(23(29)24(26)30)22(28)16-7-5-8-17(13-16)31-3/h5,7-10,13-14,21,27-28H,6,11-12H2,1-4H3/b22-20-. The maximum absolute atomic E-state index is 13.0. The molecule has 2 aromatic rings. The number of benzene rings is 2. The van der Waals surface area contributed by atoms with Crippen molar-refractivity contribution in [1.82, 2.24) is 9.80 Å². The molecule has 8 heteroatoms. The molecule has 1 aliphatic heterocycles. The van der Waals surface area contributed by atoms with Crippen LogP contribution in [0.4, 0.5) is 0 Å². The second kappa shape index (κ2) is 9.74. The Morgan fingerprint density at radius 3 is 2.47 bits per heavy atom. The highest BCUT2D eigenvalue weighted by Crippen LogP contribution is 2.42. The number of amides is 1. The van der Waals surface area contributed by atoms with Crippen LogP contribution in [0.3, 0.4) is 0 Å². The van der Waals surface area contributed by atoms with Crippen LogP contribution in [0.15, 0.2) is 48.0 Å². The molecule has 1 amide bonds. The van der Waals surface area contributed by atoms with Crippen LogP contribution in [0.25, 0.3) is 5.76 Å². The highest BCUT2D eigenvalue weighted by molar-refractivity contribution is 6.46. The molecule has 0 bridgehead atoms. The minimum Gasteiger partial charge on any atom is -0.507 e. The number of rotatable bonds is 8. The summed E-state index contributed by atoms with van der Waals surface area (Å²) in [6.45, 7) is 1.04. The summed E-state index contributed by atoms with van der Waals surface area (Å²) >= 11 is 0. The van der Waals surface area contributed by atoms with Crippen LogP contribution in [0.2, 0.25) is 0 Å². The van der Waals surface area contributed by atoms with E-state index in [4.69, 9.17) is 9.47 Å². The van der Waals surface area contributed by atoms with Crippen molar-refractivity contribution < 1.29 is 29.3 Å². The number of likely N-dealkylation sites (tertiary alicyclic amines) is 1. The van der Waals surface area contributed by atoms with Crippen LogP contribution >= 0.6 is 0 Å². The predicted molar refractivity (Wildman–Crippen MR) is 120 cm³/mol. The van der Waals surface area contributed by atoms with Crippen LogP contribution in [-0.4, -0.2) is 73.1 Å². The van der Waals surface area contributed by atoms with Crippen molar-refractivity contribution in [3.63, 3.8) is 0 Å². The van der Waals surface area contributed by atoms with Gasteiger partial charge >= 0.3 is 0 Å². The van der Waals surface area contributed by atoms with Crippen molar-refractivity contribution in [2.24, 2.45) is 0 Å². The van der Waals surface area contributed by atoms with E-state index in [1.54, 1.807) is 36.4 Å². The molecule has 3 rings (SSSR count). The van der Waals surface area contributed by atoms with Gasteiger partial charge in [-0.3, -0.25) is 9.59 Å². The maximum atomic E-state index is 13.0. The number of hydrogen-bond donors (Lipinski definition) is 2. The molecule has 0 spiro atoms. The molecule has 0 radical (unpaired) electrons. The van der Waals surface area contributed by atoms with Crippen molar-refractivity contribution in [2.45, 2.75) is 12.5 Å². The number of ketones is 1. The third kappa shape index (κ3) is 4.55. The van der Waals surface area contributed by atoms with Gasteiger partial charge in [0.05, 0.1) is 25.8 Å². The van der Waals surface area contributed by atoms with E-state index in [0.717, 1.165) is 6.54 Å². The number of hydrogen-bond acceptors (Lipinski definition) is 7. The number of phenols is 1. The third-order valence-electron chi connectivity index (χ3n) is 5.41. The fourth-order valence-electron chi connectivity index (χ4n) is 3.82. The molecular formula is C24H28N2O6. The molecule has 0 saturated carbocycles. The van der Waals surface area contributed by atoms with Gasteiger partial charge in [0.25, 0.3) is 11.7 Å². The van der Waals surface area contributed by atoms with Crippen LogP contribution in [0.5, 0.6) is 17.2 Å². The number of carbonyl (C=O) groups excluding carboxylic acids is 2. The first-order valence-electron chi connectivity index (χ1n) is 10.2. The Hall–Kier alpha value is -3.52. The molecule has 0 aliphatic carbocycles. The van der Waals surface area contributed by atoms with Gasteiger partial charge in [-0.05, 0) is 56.9 Å². The predicted octanol–water partition coefficient (Wildman–Crippen LogP) is 2.78. The van der Waals surface area contributed by atoms with Crippen molar-refractivity contribution in [3.8, 4) is 17.2 Å². The van der Waals surface area contributed by atoms with Gasteiger partial charge in [0, 0.05) is 12.1 Å². The molecule has 1 aliphatic rings. The molecule has 1 saturated heterocycles. The smallest absolute Gasteiger partial charge is 0.295 e. The number of ether oxygens (including phenoxy) is 2. The Bertz CT molecular complexity index is 1050. The van der Waals surface area contributed by atoms with Gasteiger partial charge in [-0.15, -0.1) is 0 Å². The zero-order valence-electron chi connectivity index (χ0n) is 18.7. The molecule has 8 nitrogen and oxygen atoms in total. The normalized spacial score (nSPS) is 17.8. The van der Waals surface area contributed by atoms with Crippen LogP contribution in [0, 0.1) is 0 Å². The second-order valence-electron chi connectivity index (χ2n) is 7.81. The fraction of sp³-hybridized carbons (Fsp3) is 0.333. The number of methoxy groups -OCH3 is 2. The zero-order chi connectivity index (χ0) is 23.4. The Balaban J connectivity index is 2.13. The van der Waals surface area contributed by atoms with Gasteiger partial charge in [0.15, 0.2) is 11.5 Å². The largest absolute Gasteiger partial charge is 0.507 e. The lowest BCUT2D eigenvalue weighted by atomic mass is 9.95. The number of aromatic hydroxyl groups is 1. The lowest BCUT2D eigenvalue weighted by Crippen LogP contribution is -2.32. The first-order chi connectivity index (χ1) is 15.3. The minimum atomic E-state index is -0.847. The first-order valence-corrected chi connectivity index (χ1v) is 10.2. The number of carbonyl (C=O) groups is 2. The lowest BCUT2D eigenvalue weighted by Gasteiger charge is -2.26. The van der Waals surface area contributed by atoms with Gasteiger partial charge in [0.1, 0.15) is 11.5 Å². The minimum absolute atomic E-state index is 0.0299. The van der Waals surface area contributed by atoms with E-state index in [1.807, 2.05) is 19.0 Å². The van der Waals surface area contributed by atoms with Crippen molar-refractivity contribution >= 4 is 17.4 Å². The number of Topliss-reactive ketones (excluding diaryl/α,β-unsaturated/α-hetero) is 1. The van der Waals surface area contributed by atoms with Crippen LogP contribution in [-0.2, 0) is 9.59 Å². The number of aliphatic hydroxyl groups excluding tert-OH is 1. The summed E-state index contributed by atoms with van der Waals surface area (Å²) < 4.78 is 10.3. The van der Waals surface area contributed by atoms with E-state index in [-0.39, 0.29) is 22.8 Å². The van der Waals surface area contributed by atoms with Gasteiger partial charge in [-0.25, -0.2) is 0 Å². The summed E-state index contributed by atoms with van der Waals surface area (Å²) in [6.07, 6.45) is 0.637. The Morgan fingerprint density at radius 1 is 1.09 bits per heavy atom. The average molecular weight is 440 g/mol. The van der Waals surface area contributed by atoms with Crippen molar-refractivity contribution in [1.29, 1.82) is 0 Å². The molecule has 1 heterocycles. The highest BCUT2D eigenvalue weighted by Gasteiger charge is 2.46. The fourth-order valence-corrected chi connectivity index (χ4v) is 3.82. The highest BCUT2D eigenvalue weighted by atomic mass is 16.5. The van der Waals surface area contributed by atoms with E-state index in [2.05, 4.69) is 0 Å². The summed E-state index contributed by atoms with van der Waals surface area (Å²) in [5, 5.41) is 21.4. The van der Waals surface area contributed by atoms with E-state index >= 15 is 0 Å². The topological polar surface area (TPSA) is 99.5 Å². The molecule has 1 unspecified atom stereocenters. The Kier molecular flexibility index (Phi) is 7.05. The number of phenolic OH excluding ortho intramolecular Hbond substituents is 1. The SMILES string of the molecule is COc1cccc(/C(O)=C2/C(=O)C(=O)N(CCCN(C)C)C2c2ccc(OC)c(O)c2)c1. The van der Waals surface area contributed by atoms with E-state index < -0.39 is 17.7 Å². The molecule has 0 aromatic heterocycles. The van der Waals surface area contributed by atoms with Crippen molar-refractivity contribution in [2.75, 3.05) is 41.4 Å². The molecule has 32 heavy (non-hydrogen) atoms. The average Bonchev–Trinajstić information content (AvgIpc) is 3.03. The monoisotopic (exact) mass is 440 g/mol. The zero-order valence-corrected chi connectivity index (χ0v) is 18.7. The molecule has 2 aromatic carbocycles. The van der Waals surface area contributed by atoms with Crippen LogP contribution < -0.4 is 9.47 Å². The van der Waals surface area contributed by atoms with Crippen LogP contribution in [0.1, 0.15) is 23.6 Å². The molecular weight excluding hydrogens is 412 g/mol. The van der Waals surface area contributed by atoms with Gasteiger partial charge in [-0.2, -0.15) is 0 Å². The second-order valence-corrected chi connectivity index (χ2v) is 7.81. The first kappa shape index (κ1) is 23.1. The Morgan fingerprint density at radius 2 is 1.84 bits per heavy atom. The molecule has 1 atom stereocenters. The number of nitrogens with zero attached hydrogens (tertiary/aromatic N) is 2. The third-order valence-corrected chi connectivity index (χ3v) is 5.41. The molecule has 170 valence electrons. The summed E-state index contributed by atoms with van der Waals surface area (Å²) in [5.74, 6) is -1.09. The Labute approximate surface area is 187 Å². The van der Waals surface area contributed by atoms with E-state index in [9.17, 15) is 19.8 Å². The maximum Gasteiger partial charge on any atom is 0.295 e. The number of aliphatic hydroxyl groups is 1. The summed E-state index contributed by atoms with van der Waals surface area (Å²) in [6, 6.07) is 10.5. The summed E-state index contributed by atoms with van der Waals surface area (Å²) in [5.41, 5.74) is 0.827. The van der Waals surface area contributed by atoms with E-state index in [1.165, 1.54) is 25.2 Å². The van der Waals surface area contributed by atoms with Gasteiger partial charge in [-0.1, -0.05) is 18.2 Å². The molecule has 2 N–H and O–H groups in total. The summed E-state index contributed by atoms with van der Waals surface area (Å²) in [7, 11) is 6.79. The lowest BCUT2D eigenvalue weighted by molar-refractivity contribution is -0.139. The van der Waals surface area contributed by atoms with Gasteiger partial charge in [0.2, 0.25) is 0 Å². The van der Waals surface area contributed by atoms with Gasteiger partial charge < -0.3 is 29.5 Å². The quantitative estimate of drug-likeness (QED) is 0.370. The molecule has 1 fully saturated rings.